The first kappa shape index (κ1) is 15.5. The van der Waals surface area contributed by atoms with Crippen molar-refractivity contribution < 1.29 is 14.6 Å². The summed E-state index contributed by atoms with van der Waals surface area (Å²) >= 11 is 6.66. The predicted molar refractivity (Wildman–Crippen MR) is 78.4 cm³/mol. The van der Waals surface area contributed by atoms with E-state index in [-0.39, 0.29) is 5.56 Å². The van der Waals surface area contributed by atoms with E-state index >= 15 is 0 Å². The van der Waals surface area contributed by atoms with Crippen LogP contribution in [0, 0.1) is 5.92 Å². The van der Waals surface area contributed by atoms with Gasteiger partial charge in [0.25, 0.3) is 0 Å². The summed E-state index contributed by atoms with van der Waals surface area (Å²) in [5.41, 5.74) is 0.225. The fraction of sp³-hybridized carbons (Fsp3) is 0.462. The van der Waals surface area contributed by atoms with E-state index in [1.807, 2.05) is 0 Å². The van der Waals surface area contributed by atoms with Gasteiger partial charge in [-0.3, -0.25) is 0 Å². The highest BCUT2D eigenvalue weighted by Crippen LogP contribution is 2.35. The smallest absolute Gasteiger partial charge is 0.335 e. The van der Waals surface area contributed by atoms with Crippen LogP contribution in [-0.2, 0) is 0 Å². The van der Waals surface area contributed by atoms with Crippen LogP contribution >= 0.6 is 31.9 Å². The van der Waals surface area contributed by atoms with Crippen molar-refractivity contribution in [1.29, 1.82) is 0 Å². The number of rotatable bonds is 6. The van der Waals surface area contributed by atoms with Crippen molar-refractivity contribution in [1.82, 2.24) is 0 Å². The van der Waals surface area contributed by atoms with E-state index in [1.54, 1.807) is 12.1 Å². The molecule has 0 atom stereocenters. The van der Waals surface area contributed by atoms with Gasteiger partial charge >= 0.3 is 5.97 Å². The first-order valence-electron chi connectivity index (χ1n) is 5.77. The van der Waals surface area contributed by atoms with Crippen LogP contribution in [0.15, 0.2) is 21.1 Å². The molecule has 0 amide bonds. The Labute approximate surface area is 124 Å². The number of carboxylic acids is 1. The number of aromatic carboxylic acids is 1. The molecule has 0 bridgehead atoms. The first-order chi connectivity index (χ1) is 8.41. The summed E-state index contributed by atoms with van der Waals surface area (Å²) in [7, 11) is 0. The van der Waals surface area contributed by atoms with Crippen LogP contribution in [0.4, 0.5) is 0 Å². The van der Waals surface area contributed by atoms with E-state index in [9.17, 15) is 4.79 Å². The third kappa shape index (κ3) is 4.61. The van der Waals surface area contributed by atoms with Gasteiger partial charge in [0.2, 0.25) is 0 Å². The molecule has 0 saturated carbocycles. The fourth-order valence-corrected chi connectivity index (χ4v) is 2.90. The number of ether oxygens (including phenoxy) is 1. The lowest BCUT2D eigenvalue weighted by Gasteiger charge is -2.11. The Hall–Kier alpha value is -0.550. The van der Waals surface area contributed by atoms with Crippen molar-refractivity contribution in [2.75, 3.05) is 6.61 Å². The number of carbonyl (C=O) groups is 1. The zero-order chi connectivity index (χ0) is 13.7. The molecule has 1 N–H and O–H groups in total. The lowest BCUT2D eigenvalue weighted by atomic mass is 10.1. The third-order valence-corrected chi connectivity index (χ3v) is 3.60. The molecule has 100 valence electrons. The maximum Gasteiger partial charge on any atom is 0.335 e. The summed E-state index contributed by atoms with van der Waals surface area (Å²) in [6.45, 7) is 4.97. The SMILES string of the molecule is CC(C)CCCOc1c(Br)cc(C(=O)O)cc1Br. The van der Waals surface area contributed by atoms with E-state index in [0.717, 1.165) is 12.8 Å². The van der Waals surface area contributed by atoms with Gasteiger partial charge in [-0.25, -0.2) is 4.79 Å². The topological polar surface area (TPSA) is 46.5 Å². The molecule has 0 aromatic heterocycles. The van der Waals surface area contributed by atoms with Gasteiger partial charge in [-0.05, 0) is 62.8 Å². The molecule has 18 heavy (non-hydrogen) atoms. The summed E-state index contributed by atoms with van der Waals surface area (Å²) in [6.07, 6.45) is 2.10. The van der Waals surface area contributed by atoms with Gasteiger partial charge in [0.15, 0.2) is 0 Å². The maximum absolute atomic E-state index is 10.9. The van der Waals surface area contributed by atoms with Crippen LogP contribution in [0.1, 0.15) is 37.0 Å². The Kier molecular flexibility index (Phi) is 6.15. The highest BCUT2D eigenvalue weighted by atomic mass is 79.9. The number of carboxylic acid groups (broad SMARTS) is 1. The summed E-state index contributed by atoms with van der Waals surface area (Å²) in [5, 5.41) is 8.92. The fourth-order valence-electron chi connectivity index (χ4n) is 1.49. The summed E-state index contributed by atoms with van der Waals surface area (Å²) < 4.78 is 6.97. The monoisotopic (exact) mass is 378 g/mol. The van der Waals surface area contributed by atoms with E-state index in [0.29, 0.717) is 27.2 Å². The number of hydrogen-bond acceptors (Lipinski definition) is 2. The van der Waals surface area contributed by atoms with Gasteiger partial charge in [-0.15, -0.1) is 0 Å². The standard InChI is InChI=1S/C13H16Br2O3/c1-8(2)4-3-5-18-12-10(14)6-9(13(16)17)7-11(12)15/h6-8H,3-5H2,1-2H3,(H,16,17). The van der Waals surface area contributed by atoms with Gasteiger partial charge in [-0.1, -0.05) is 13.8 Å². The molecule has 1 aromatic carbocycles. The second-order valence-electron chi connectivity index (χ2n) is 4.46. The first-order valence-corrected chi connectivity index (χ1v) is 7.35. The normalized spacial score (nSPS) is 10.7. The molecule has 0 radical (unpaired) electrons. The summed E-state index contributed by atoms with van der Waals surface area (Å²) in [5.74, 6) is 0.362. The predicted octanol–water partition coefficient (Wildman–Crippen LogP) is 4.72. The Balaban J connectivity index is 2.69. The molecule has 0 heterocycles. The number of benzene rings is 1. The molecule has 0 spiro atoms. The lowest BCUT2D eigenvalue weighted by molar-refractivity contribution is 0.0696. The molecule has 0 aliphatic rings. The number of halogens is 2. The van der Waals surface area contributed by atoms with Crippen molar-refractivity contribution in [3.63, 3.8) is 0 Å². The van der Waals surface area contributed by atoms with Gasteiger partial charge < -0.3 is 9.84 Å². The zero-order valence-electron chi connectivity index (χ0n) is 10.4. The van der Waals surface area contributed by atoms with Crippen molar-refractivity contribution in [3.05, 3.63) is 26.6 Å². The highest BCUT2D eigenvalue weighted by molar-refractivity contribution is 9.11. The van der Waals surface area contributed by atoms with E-state index < -0.39 is 5.97 Å². The minimum absolute atomic E-state index is 0.225. The van der Waals surface area contributed by atoms with E-state index in [1.165, 1.54) is 0 Å². The molecule has 0 unspecified atom stereocenters. The minimum atomic E-state index is -0.956. The summed E-state index contributed by atoms with van der Waals surface area (Å²) in [6, 6.07) is 3.09. The molecule has 0 aliphatic carbocycles. The highest BCUT2D eigenvalue weighted by Gasteiger charge is 2.12. The van der Waals surface area contributed by atoms with Crippen LogP contribution in [0.3, 0.4) is 0 Å². The Morgan fingerprint density at radius 1 is 1.33 bits per heavy atom. The van der Waals surface area contributed by atoms with Gasteiger partial charge in [-0.2, -0.15) is 0 Å². The van der Waals surface area contributed by atoms with Gasteiger partial charge in [0.05, 0.1) is 21.1 Å². The average Bonchev–Trinajstić information content (AvgIpc) is 2.26. The van der Waals surface area contributed by atoms with Crippen molar-refractivity contribution >= 4 is 37.8 Å². The molecular formula is C13H16Br2O3. The Bertz CT molecular complexity index is 407. The Morgan fingerprint density at radius 3 is 2.33 bits per heavy atom. The van der Waals surface area contributed by atoms with E-state index in [2.05, 4.69) is 45.7 Å². The molecule has 1 aromatic rings. The van der Waals surface area contributed by atoms with Crippen LogP contribution in [0.2, 0.25) is 0 Å². The van der Waals surface area contributed by atoms with E-state index in [4.69, 9.17) is 9.84 Å². The Morgan fingerprint density at radius 2 is 1.89 bits per heavy atom. The molecule has 1 rings (SSSR count). The minimum Gasteiger partial charge on any atom is -0.491 e. The van der Waals surface area contributed by atoms with Crippen LogP contribution in [0.5, 0.6) is 5.75 Å². The zero-order valence-corrected chi connectivity index (χ0v) is 13.5. The second-order valence-corrected chi connectivity index (χ2v) is 6.17. The van der Waals surface area contributed by atoms with Crippen LogP contribution in [0.25, 0.3) is 0 Å². The number of hydrogen-bond donors (Lipinski definition) is 1. The van der Waals surface area contributed by atoms with Crippen LogP contribution < -0.4 is 4.74 Å². The second kappa shape index (κ2) is 7.14. The molecular weight excluding hydrogens is 364 g/mol. The van der Waals surface area contributed by atoms with Gasteiger partial charge in [0, 0.05) is 0 Å². The molecule has 0 aliphatic heterocycles. The van der Waals surface area contributed by atoms with Crippen molar-refractivity contribution in [2.45, 2.75) is 26.7 Å². The summed E-state index contributed by atoms with van der Waals surface area (Å²) in [4.78, 5) is 10.9. The quantitative estimate of drug-likeness (QED) is 0.727. The molecule has 5 heteroatoms. The largest absolute Gasteiger partial charge is 0.491 e. The maximum atomic E-state index is 10.9. The van der Waals surface area contributed by atoms with Gasteiger partial charge in [0.1, 0.15) is 5.75 Å². The van der Waals surface area contributed by atoms with Crippen molar-refractivity contribution in [2.24, 2.45) is 5.92 Å². The average molecular weight is 380 g/mol. The van der Waals surface area contributed by atoms with Crippen LogP contribution in [-0.4, -0.2) is 17.7 Å². The molecule has 3 nitrogen and oxygen atoms in total. The lowest BCUT2D eigenvalue weighted by Crippen LogP contribution is -2.02. The van der Waals surface area contributed by atoms with Crippen molar-refractivity contribution in [3.8, 4) is 5.75 Å². The third-order valence-electron chi connectivity index (χ3n) is 2.42. The molecule has 0 fully saturated rings. The molecule has 0 saturated heterocycles.